The van der Waals surface area contributed by atoms with Gasteiger partial charge in [0.2, 0.25) is 0 Å². The van der Waals surface area contributed by atoms with E-state index in [0.717, 1.165) is 11.5 Å². The SMILES string of the molecule is C[C@H](N)Cn1cc(CNC(=O)c2ccc(Nc3ccn(C)n3)cc2)nn1. The number of carbonyl (C=O) groups is 1. The molecule has 0 aliphatic carbocycles. The van der Waals surface area contributed by atoms with E-state index in [1.807, 2.05) is 38.4 Å². The molecule has 0 bridgehead atoms. The maximum Gasteiger partial charge on any atom is 0.251 e. The summed E-state index contributed by atoms with van der Waals surface area (Å²) in [7, 11) is 1.85. The molecule has 2 heterocycles. The van der Waals surface area contributed by atoms with E-state index < -0.39 is 0 Å². The topological polar surface area (TPSA) is 116 Å². The lowest BCUT2D eigenvalue weighted by molar-refractivity contribution is 0.0950. The van der Waals surface area contributed by atoms with E-state index in [-0.39, 0.29) is 11.9 Å². The van der Waals surface area contributed by atoms with Crippen molar-refractivity contribution in [3.05, 3.63) is 54.0 Å². The number of hydrogen-bond donors (Lipinski definition) is 3. The minimum absolute atomic E-state index is 0.00245. The molecule has 9 heteroatoms. The number of rotatable bonds is 7. The number of carbonyl (C=O) groups excluding carboxylic acids is 1. The molecule has 136 valence electrons. The van der Waals surface area contributed by atoms with Gasteiger partial charge in [0.1, 0.15) is 5.69 Å². The number of anilines is 2. The number of amides is 1. The van der Waals surface area contributed by atoms with E-state index in [0.29, 0.717) is 24.3 Å². The molecule has 0 aliphatic heterocycles. The highest BCUT2D eigenvalue weighted by atomic mass is 16.1. The van der Waals surface area contributed by atoms with E-state index in [4.69, 9.17) is 5.73 Å². The van der Waals surface area contributed by atoms with Crippen LogP contribution >= 0.6 is 0 Å². The number of benzene rings is 1. The second kappa shape index (κ2) is 7.79. The number of nitrogens with one attached hydrogen (secondary N) is 2. The summed E-state index contributed by atoms with van der Waals surface area (Å²) < 4.78 is 3.39. The predicted molar refractivity (Wildman–Crippen MR) is 97.8 cm³/mol. The zero-order chi connectivity index (χ0) is 18.5. The van der Waals surface area contributed by atoms with Crippen molar-refractivity contribution in [2.75, 3.05) is 5.32 Å². The second-order valence-electron chi connectivity index (χ2n) is 6.17. The lowest BCUT2D eigenvalue weighted by Crippen LogP contribution is -2.23. The van der Waals surface area contributed by atoms with Gasteiger partial charge in [-0.3, -0.25) is 14.2 Å². The number of hydrogen-bond acceptors (Lipinski definition) is 6. The molecule has 3 rings (SSSR count). The van der Waals surface area contributed by atoms with Gasteiger partial charge in [0, 0.05) is 36.6 Å². The lowest BCUT2D eigenvalue weighted by atomic mass is 10.2. The average molecular weight is 354 g/mol. The van der Waals surface area contributed by atoms with Gasteiger partial charge in [-0.05, 0) is 31.2 Å². The highest BCUT2D eigenvalue weighted by Crippen LogP contribution is 2.15. The molecule has 0 saturated heterocycles. The molecule has 1 amide bonds. The smallest absolute Gasteiger partial charge is 0.251 e. The van der Waals surface area contributed by atoms with Crippen molar-refractivity contribution in [3.63, 3.8) is 0 Å². The standard InChI is InChI=1S/C17H22N8O/c1-12(18)10-25-11-15(21-23-25)9-19-17(26)13-3-5-14(6-4-13)20-16-7-8-24(2)22-16/h3-8,11-12H,9-10,18H2,1-2H3,(H,19,26)(H,20,22)/t12-/m0/s1. The summed E-state index contributed by atoms with van der Waals surface area (Å²) in [6, 6.07) is 9.06. The van der Waals surface area contributed by atoms with Gasteiger partial charge in [-0.25, -0.2) is 0 Å². The largest absolute Gasteiger partial charge is 0.346 e. The summed E-state index contributed by atoms with van der Waals surface area (Å²) >= 11 is 0. The Hall–Kier alpha value is -3.20. The highest BCUT2D eigenvalue weighted by molar-refractivity contribution is 5.94. The lowest BCUT2D eigenvalue weighted by Gasteiger charge is -2.06. The van der Waals surface area contributed by atoms with Crippen LogP contribution in [0.15, 0.2) is 42.7 Å². The third kappa shape index (κ3) is 4.67. The third-order valence-electron chi connectivity index (χ3n) is 3.62. The Bertz CT molecular complexity index is 865. The highest BCUT2D eigenvalue weighted by Gasteiger charge is 2.08. The Labute approximate surface area is 151 Å². The molecular formula is C17H22N8O. The van der Waals surface area contributed by atoms with Gasteiger partial charge < -0.3 is 16.4 Å². The van der Waals surface area contributed by atoms with E-state index in [1.54, 1.807) is 27.7 Å². The molecule has 1 aromatic carbocycles. The number of aryl methyl sites for hydroxylation is 1. The fourth-order valence-corrected chi connectivity index (χ4v) is 2.41. The quantitative estimate of drug-likeness (QED) is 0.584. The molecule has 0 unspecified atom stereocenters. The van der Waals surface area contributed by atoms with E-state index in [9.17, 15) is 4.79 Å². The molecule has 3 aromatic rings. The van der Waals surface area contributed by atoms with Crippen LogP contribution < -0.4 is 16.4 Å². The Morgan fingerprint density at radius 3 is 2.69 bits per heavy atom. The number of nitrogens with two attached hydrogens (primary N) is 1. The van der Waals surface area contributed by atoms with Gasteiger partial charge in [-0.2, -0.15) is 5.10 Å². The zero-order valence-electron chi connectivity index (χ0n) is 14.8. The van der Waals surface area contributed by atoms with Crippen LogP contribution in [0.25, 0.3) is 0 Å². The van der Waals surface area contributed by atoms with Crippen molar-refractivity contribution in [1.82, 2.24) is 30.1 Å². The molecule has 0 radical (unpaired) electrons. The summed E-state index contributed by atoms with van der Waals surface area (Å²) in [5.74, 6) is 0.579. The van der Waals surface area contributed by atoms with Gasteiger partial charge in [0.15, 0.2) is 5.82 Å². The Morgan fingerprint density at radius 1 is 1.27 bits per heavy atom. The minimum Gasteiger partial charge on any atom is -0.346 e. The van der Waals surface area contributed by atoms with Crippen LogP contribution in [0.2, 0.25) is 0 Å². The summed E-state index contributed by atoms with van der Waals surface area (Å²) in [5, 5.41) is 18.3. The average Bonchev–Trinajstić information content (AvgIpc) is 3.21. The summed E-state index contributed by atoms with van der Waals surface area (Å²) in [4.78, 5) is 12.3. The maximum absolute atomic E-state index is 12.3. The molecule has 0 spiro atoms. The fourth-order valence-electron chi connectivity index (χ4n) is 2.41. The van der Waals surface area contributed by atoms with Crippen molar-refractivity contribution >= 4 is 17.4 Å². The van der Waals surface area contributed by atoms with Crippen molar-refractivity contribution in [2.24, 2.45) is 12.8 Å². The molecule has 0 aliphatic rings. The van der Waals surface area contributed by atoms with Crippen LogP contribution in [-0.2, 0) is 20.1 Å². The third-order valence-corrected chi connectivity index (χ3v) is 3.62. The zero-order valence-corrected chi connectivity index (χ0v) is 14.8. The molecule has 1 atom stereocenters. The number of aromatic nitrogens is 5. The number of nitrogens with zero attached hydrogens (tertiary/aromatic N) is 5. The summed E-state index contributed by atoms with van der Waals surface area (Å²) in [6.45, 7) is 2.80. The van der Waals surface area contributed by atoms with Crippen molar-refractivity contribution < 1.29 is 4.79 Å². The molecule has 2 aromatic heterocycles. The van der Waals surface area contributed by atoms with Gasteiger partial charge in [0.25, 0.3) is 5.91 Å². The van der Waals surface area contributed by atoms with Crippen LogP contribution in [0.4, 0.5) is 11.5 Å². The van der Waals surface area contributed by atoms with E-state index in [1.165, 1.54) is 0 Å². The molecule has 0 saturated carbocycles. The van der Waals surface area contributed by atoms with Crippen LogP contribution in [0, 0.1) is 0 Å². The van der Waals surface area contributed by atoms with Crippen LogP contribution in [0.5, 0.6) is 0 Å². The Morgan fingerprint density at radius 2 is 2.04 bits per heavy atom. The first kappa shape index (κ1) is 17.6. The van der Waals surface area contributed by atoms with Gasteiger partial charge in [-0.15, -0.1) is 5.10 Å². The second-order valence-corrected chi connectivity index (χ2v) is 6.17. The van der Waals surface area contributed by atoms with Gasteiger partial charge in [0.05, 0.1) is 19.3 Å². The fraction of sp³-hybridized carbons (Fsp3) is 0.294. The molecular weight excluding hydrogens is 332 g/mol. The summed E-state index contributed by atoms with van der Waals surface area (Å²) in [6.07, 6.45) is 3.64. The van der Waals surface area contributed by atoms with Crippen molar-refractivity contribution in [1.29, 1.82) is 0 Å². The van der Waals surface area contributed by atoms with Gasteiger partial charge in [-0.1, -0.05) is 5.21 Å². The molecule has 9 nitrogen and oxygen atoms in total. The Balaban J connectivity index is 1.53. The first-order valence-corrected chi connectivity index (χ1v) is 8.29. The first-order valence-electron chi connectivity index (χ1n) is 8.29. The molecule has 4 N–H and O–H groups in total. The monoisotopic (exact) mass is 354 g/mol. The maximum atomic E-state index is 12.3. The normalized spacial score (nSPS) is 12.0. The molecule has 26 heavy (non-hydrogen) atoms. The van der Waals surface area contributed by atoms with Crippen molar-refractivity contribution in [2.45, 2.75) is 26.1 Å². The minimum atomic E-state index is -0.170. The first-order chi connectivity index (χ1) is 12.5. The predicted octanol–water partition coefficient (Wildman–Crippen LogP) is 1.03. The molecule has 0 fully saturated rings. The summed E-state index contributed by atoms with van der Waals surface area (Å²) in [5.41, 5.74) is 7.84. The van der Waals surface area contributed by atoms with Crippen LogP contribution in [0.1, 0.15) is 23.0 Å². The van der Waals surface area contributed by atoms with Crippen LogP contribution in [0.3, 0.4) is 0 Å². The van der Waals surface area contributed by atoms with Gasteiger partial charge >= 0.3 is 0 Å². The van der Waals surface area contributed by atoms with Crippen LogP contribution in [-0.4, -0.2) is 36.7 Å². The van der Waals surface area contributed by atoms with E-state index in [2.05, 4.69) is 26.0 Å². The van der Waals surface area contributed by atoms with E-state index >= 15 is 0 Å². The Kier molecular flexibility index (Phi) is 5.28. The van der Waals surface area contributed by atoms with Crippen molar-refractivity contribution in [3.8, 4) is 0 Å².